The molecule has 3 N–H and O–H groups in total. The van der Waals surface area contributed by atoms with E-state index >= 15 is 0 Å². The number of anilines is 2. The molecule has 0 amide bonds. The van der Waals surface area contributed by atoms with E-state index in [9.17, 15) is 9.59 Å². The molecule has 0 spiro atoms. The largest absolute Gasteiger partial charge is 0.383 e. The normalized spacial score (nSPS) is 11.1. The number of nitrogens with zero attached hydrogens (tertiary/aromatic N) is 3. The van der Waals surface area contributed by atoms with E-state index in [2.05, 4.69) is 17.1 Å². The Morgan fingerprint density at radius 2 is 1.95 bits per heavy atom. The highest BCUT2D eigenvalue weighted by atomic mass is 16.2. The van der Waals surface area contributed by atoms with Crippen molar-refractivity contribution in [3.05, 3.63) is 20.8 Å². The van der Waals surface area contributed by atoms with Crippen LogP contribution < -0.4 is 22.3 Å². The monoisotopic (exact) mass is 283 g/mol. The highest BCUT2D eigenvalue weighted by Gasteiger charge is 2.14. The van der Waals surface area contributed by atoms with Gasteiger partial charge >= 0.3 is 5.69 Å². The standard InChI is InChI=1S/C13H25N5O2/c1-5-8-18-11(14)10(12(19)17(4)13(18)20)15-7-9-16(3)6-2/h15H,5-9,14H2,1-4H3. The van der Waals surface area contributed by atoms with Gasteiger partial charge in [0.2, 0.25) is 0 Å². The molecule has 1 aromatic rings. The van der Waals surface area contributed by atoms with Gasteiger partial charge in [0.1, 0.15) is 11.5 Å². The third-order valence-corrected chi connectivity index (χ3v) is 3.37. The lowest BCUT2D eigenvalue weighted by atomic mass is 10.4. The molecule has 0 unspecified atom stereocenters. The number of aromatic nitrogens is 2. The molecular weight excluding hydrogens is 258 g/mol. The quantitative estimate of drug-likeness (QED) is 0.730. The van der Waals surface area contributed by atoms with Crippen molar-refractivity contribution < 1.29 is 0 Å². The van der Waals surface area contributed by atoms with Crippen molar-refractivity contribution in [3.63, 3.8) is 0 Å². The SMILES string of the molecule is CCCn1c(N)c(NCCN(C)CC)c(=O)n(C)c1=O. The van der Waals surface area contributed by atoms with Crippen LogP contribution in [-0.4, -0.2) is 40.7 Å². The summed E-state index contributed by atoms with van der Waals surface area (Å²) in [6.07, 6.45) is 0.778. The Labute approximate surface area is 119 Å². The van der Waals surface area contributed by atoms with Crippen LogP contribution in [0.4, 0.5) is 11.5 Å². The zero-order valence-electron chi connectivity index (χ0n) is 12.8. The van der Waals surface area contributed by atoms with Crippen LogP contribution in [0.5, 0.6) is 0 Å². The number of nitrogen functional groups attached to an aromatic ring is 1. The van der Waals surface area contributed by atoms with Gasteiger partial charge in [0.25, 0.3) is 5.56 Å². The first-order valence-electron chi connectivity index (χ1n) is 6.95. The van der Waals surface area contributed by atoms with Crippen molar-refractivity contribution in [2.45, 2.75) is 26.8 Å². The average molecular weight is 283 g/mol. The van der Waals surface area contributed by atoms with Crippen LogP contribution in [0.15, 0.2) is 9.59 Å². The van der Waals surface area contributed by atoms with Crippen molar-refractivity contribution in [1.29, 1.82) is 0 Å². The van der Waals surface area contributed by atoms with E-state index in [1.807, 2.05) is 14.0 Å². The lowest BCUT2D eigenvalue weighted by Gasteiger charge is -2.17. The maximum atomic E-state index is 12.1. The van der Waals surface area contributed by atoms with Gasteiger partial charge in [0.15, 0.2) is 0 Å². The zero-order chi connectivity index (χ0) is 15.3. The van der Waals surface area contributed by atoms with E-state index in [0.29, 0.717) is 18.8 Å². The van der Waals surface area contributed by atoms with Crippen molar-refractivity contribution in [3.8, 4) is 0 Å². The maximum absolute atomic E-state index is 12.1. The van der Waals surface area contributed by atoms with Crippen LogP contribution in [0.3, 0.4) is 0 Å². The van der Waals surface area contributed by atoms with Crippen LogP contribution in [0, 0.1) is 0 Å². The lowest BCUT2D eigenvalue weighted by Crippen LogP contribution is -2.41. The minimum Gasteiger partial charge on any atom is -0.383 e. The molecule has 1 rings (SSSR count). The molecule has 0 aliphatic rings. The minimum atomic E-state index is -0.376. The summed E-state index contributed by atoms with van der Waals surface area (Å²) in [6, 6.07) is 0. The molecule has 0 saturated heterocycles. The highest BCUT2D eigenvalue weighted by molar-refractivity contribution is 5.60. The van der Waals surface area contributed by atoms with Crippen LogP contribution in [-0.2, 0) is 13.6 Å². The number of nitrogens with one attached hydrogen (secondary N) is 1. The summed E-state index contributed by atoms with van der Waals surface area (Å²) in [6.45, 7) is 6.86. The molecule has 0 saturated carbocycles. The summed E-state index contributed by atoms with van der Waals surface area (Å²) >= 11 is 0. The molecule has 0 fully saturated rings. The summed E-state index contributed by atoms with van der Waals surface area (Å²) in [4.78, 5) is 26.2. The number of likely N-dealkylation sites (N-methyl/N-ethyl adjacent to an activating group) is 1. The van der Waals surface area contributed by atoms with Crippen LogP contribution in [0.25, 0.3) is 0 Å². The molecule has 1 heterocycles. The van der Waals surface area contributed by atoms with Gasteiger partial charge in [-0.2, -0.15) is 0 Å². The van der Waals surface area contributed by atoms with Gasteiger partial charge in [-0.1, -0.05) is 13.8 Å². The number of hydrogen-bond donors (Lipinski definition) is 2. The van der Waals surface area contributed by atoms with E-state index < -0.39 is 0 Å². The predicted molar refractivity (Wildman–Crippen MR) is 82.3 cm³/mol. The second-order valence-corrected chi connectivity index (χ2v) is 4.88. The van der Waals surface area contributed by atoms with Crippen molar-refractivity contribution in [1.82, 2.24) is 14.0 Å². The fourth-order valence-electron chi connectivity index (χ4n) is 1.92. The molecule has 20 heavy (non-hydrogen) atoms. The van der Waals surface area contributed by atoms with Gasteiger partial charge in [-0.3, -0.25) is 13.9 Å². The van der Waals surface area contributed by atoms with E-state index in [-0.39, 0.29) is 17.1 Å². The Morgan fingerprint density at radius 1 is 1.30 bits per heavy atom. The second kappa shape index (κ2) is 7.14. The molecule has 0 atom stereocenters. The van der Waals surface area contributed by atoms with E-state index in [1.165, 1.54) is 11.6 Å². The molecule has 7 nitrogen and oxygen atoms in total. The molecule has 7 heteroatoms. The molecule has 0 aromatic carbocycles. The first-order valence-corrected chi connectivity index (χ1v) is 6.95. The maximum Gasteiger partial charge on any atom is 0.332 e. The van der Waals surface area contributed by atoms with Gasteiger partial charge in [-0.05, 0) is 20.0 Å². The molecule has 0 aliphatic carbocycles. The fourth-order valence-corrected chi connectivity index (χ4v) is 1.92. The third kappa shape index (κ3) is 3.41. The van der Waals surface area contributed by atoms with Gasteiger partial charge in [0, 0.05) is 26.7 Å². The summed E-state index contributed by atoms with van der Waals surface area (Å²) in [7, 11) is 3.47. The van der Waals surface area contributed by atoms with Gasteiger partial charge in [0.05, 0.1) is 0 Å². The number of rotatable bonds is 7. The summed E-state index contributed by atoms with van der Waals surface area (Å²) in [5.41, 5.74) is 5.53. The van der Waals surface area contributed by atoms with E-state index in [4.69, 9.17) is 5.73 Å². The Bertz CT molecular complexity index is 561. The number of hydrogen-bond acceptors (Lipinski definition) is 5. The van der Waals surface area contributed by atoms with Crippen LogP contribution in [0.1, 0.15) is 20.3 Å². The molecule has 0 radical (unpaired) electrons. The van der Waals surface area contributed by atoms with Crippen molar-refractivity contribution >= 4 is 11.5 Å². The fraction of sp³-hybridized carbons (Fsp3) is 0.692. The topological polar surface area (TPSA) is 85.3 Å². The summed E-state index contributed by atoms with van der Waals surface area (Å²) in [5.74, 6) is 0.221. The summed E-state index contributed by atoms with van der Waals surface area (Å²) < 4.78 is 2.53. The van der Waals surface area contributed by atoms with Gasteiger partial charge in [-0.25, -0.2) is 4.79 Å². The Balaban J connectivity index is 3.07. The number of nitrogens with two attached hydrogens (primary N) is 1. The predicted octanol–water partition coefficient (Wildman–Crippen LogP) is -0.0972. The van der Waals surface area contributed by atoms with Crippen molar-refractivity contribution in [2.75, 3.05) is 37.7 Å². The molecule has 1 aromatic heterocycles. The van der Waals surface area contributed by atoms with Crippen LogP contribution >= 0.6 is 0 Å². The van der Waals surface area contributed by atoms with Gasteiger partial charge in [-0.15, -0.1) is 0 Å². The highest BCUT2D eigenvalue weighted by Crippen LogP contribution is 2.10. The molecule has 114 valence electrons. The van der Waals surface area contributed by atoms with E-state index in [0.717, 1.165) is 24.1 Å². The first-order chi connectivity index (χ1) is 9.43. The molecular formula is C13H25N5O2. The van der Waals surface area contributed by atoms with Gasteiger partial charge < -0.3 is 16.0 Å². The zero-order valence-corrected chi connectivity index (χ0v) is 12.8. The third-order valence-electron chi connectivity index (χ3n) is 3.37. The smallest absolute Gasteiger partial charge is 0.332 e. The minimum absolute atomic E-state index is 0.221. The second-order valence-electron chi connectivity index (χ2n) is 4.88. The Hall–Kier alpha value is -1.76. The molecule has 0 bridgehead atoms. The molecule has 0 aliphatic heterocycles. The first kappa shape index (κ1) is 16.3. The lowest BCUT2D eigenvalue weighted by molar-refractivity contribution is 0.367. The van der Waals surface area contributed by atoms with Crippen LogP contribution in [0.2, 0.25) is 0 Å². The van der Waals surface area contributed by atoms with Crippen molar-refractivity contribution in [2.24, 2.45) is 7.05 Å². The Kier molecular flexibility index (Phi) is 5.82. The average Bonchev–Trinajstić information content (AvgIpc) is 2.44. The Morgan fingerprint density at radius 3 is 2.50 bits per heavy atom. The van der Waals surface area contributed by atoms with E-state index in [1.54, 1.807) is 0 Å². The summed E-state index contributed by atoms with van der Waals surface area (Å²) in [5, 5.41) is 3.05.